The van der Waals surface area contributed by atoms with Crippen LogP contribution >= 0.6 is 0 Å². The fourth-order valence-electron chi connectivity index (χ4n) is 6.17. The molecular formula is C32H39FN4O3. The molecule has 2 aromatic carbocycles. The number of aliphatic hydroxyl groups is 1. The standard InChI is InChI=1S/C32H39FN4O3/c1-22(23-9-4-2-5-10-23)34-32(40)30-26-19-25(33)13-14-28(26)35-31(24-11-6-3-7-12-24)27(30)20-36-16-17-37(15-8-18-38)29(39)21-36/h3,6-7,11-14,19,22-23,38H,2,4-5,8-10,15-18,20-21H2,1H3,(H,34,40)/t22-/m0/s1. The van der Waals surface area contributed by atoms with Crippen LogP contribution in [0.2, 0.25) is 0 Å². The van der Waals surface area contributed by atoms with Crippen LogP contribution in [0.25, 0.3) is 22.2 Å². The molecule has 8 heteroatoms. The molecule has 0 radical (unpaired) electrons. The molecule has 0 unspecified atom stereocenters. The van der Waals surface area contributed by atoms with Crippen LogP contribution in [0.1, 0.15) is 61.4 Å². The van der Waals surface area contributed by atoms with Gasteiger partial charge in [0.15, 0.2) is 0 Å². The number of amides is 2. The molecular weight excluding hydrogens is 507 g/mol. The van der Waals surface area contributed by atoms with E-state index in [-0.39, 0.29) is 31.0 Å². The van der Waals surface area contributed by atoms with Crippen LogP contribution in [0.3, 0.4) is 0 Å². The quantitative estimate of drug-likeness (QED) is 0.404. The van der Waals surface area contributed by atoms with Crippen molar-refractivity contribution in [3.05, 3.63) is 65.5 Å². The molecule has 212 valence electrons. The normalized spacial score (nSPS) is 17.8. The van der Waals surface area contributed by atoms with Crippen molar-refractivity contribution in [2.75, 3.05) is 32.8 Å². The minimum atomic E-state index is -0.422. The van der Waals surface area contributed by atoms with Gasteiger partial charge in [-0.25, -0.2) is 9.37 Å². The second kappa shape index (κ2) is 12.9. The molecule has 2 N–H and O–H groups in total. The molecule has 1 saturated carbocycles. The Hall–Kier alpha value is -3.36. The average Bonchev–Trinajstić information content (AvgIpc) is 2.97. The van der Waals surface area contributed by atoms with Crippen LogP contribution in [0.4, 0.5) is 4.39 Å². The van der Waals surface area contributed by atoms with Gasteiger partial charge in [-0.3, -0.25) is 14.5 Å². The predicted octanol–water partition coefficient (Wildman–Crippen LogP) is 4.77. The number of carbonyl (C=O) groups excluding carboxylic acids is 2. The number of carbonyl (C=O) groups is 2. The van der Waals surface area contributed by atoms with Gasteiger partial charge in [0.05, 0.1) is 23.3 Å². The molecule has 2 amide bonds. The van der Waals surface area contributed by atoms with E-state index in [4.69, 9.17) is 4.98 Å². The number of aromatic nitrogens is 1. The summed E-state index contributed by atoms with van der Waals surface area (Å²) in [4.78, 5) is 35.8. The summed E-state index contributed by atoms with van der Waals surface area (Å²) in [5.41, 5.74) is 3.23. The number of nitrogens with one attached hydrogen (secondary N) is 1. The highest BCUT2D eigenvalue weighted by atomic mass is 19.1. The fourth-order valence-corrected chi connectivity index (χ4v) is 6.17. The molecule has 1 saturated heterocycles. The first kappa shape index (κ1) is 28.2. The molecule has 3 aromatic rings. The highest BCUT2D eigenvalue weighted by Gasteiger charge is 2.29. The zero-order valence-electron chi connectivity index (χ0n) is 23.2. The van der Waals surface area contributed by atoms with Crippen molar-refractivity contribution in [3.8, 4) is 11.3 Å². The third kappa shape index (κ3) is 6.34. The number of hydrogen-bond donors (Lipinski definition) is 2. The number of piperazine rings is 1. The van der Waals surface area contributed by atoms with E-state index in [1.54, 1.807) is 11.0 Å². The summed E-state index contributed by atoms with van der Waals surface area (Å²) in [6, 6.07) is 14.1. The van der Waals surface area contributed by atoms with Crippen LogP contribution in [0.15, 0.2) is 48.5 Å². The van der Waals surface area contributed by atoms with Gasteiger partial charge in [-0.1, -0.05) is 49.6 Å². The van der Waals surface area contributed by atoms with Gasteiger partial charge in [-0.2, -0.15) is 0 Å². The van der Waals surface area contributed by atoms with Crippen molar-refractivity contribution >= 4 is 22.7 Å². The number of nitrogens with zero attached hydrogens (tertiary/aromatic N) is 3. The monoisotopic (exact) mass is 546 g/mol. The minimum absolute atomic E-state index is 0.00215. The van der Waals surface area contributed by atoms with Crippen molar-refractivity contribution in [2.24, 2.45) is 5.92 Å². The Balaban J connectivity index is 1.56. The molecule has 40 heavy (non-hydrogen) atoms. The predicted molar refractivity (Wildman–Crippen MR) is 154 cm³/mol. The van der Waals surface area contributed by atoms with Crippen LogP contribution in [-0.2, 0) is 11.3 Å². The molecule has 1 atom stereocenters. The van der Waals surface area contributed by atoms with Gasteiger partial charge in [-0.05, 0) is 50.3 Å². The first-order valence-corrected chi connectivity index (χ1v) is 14.5. The fraction of sp³-hybridized carbons (Fsp3) is 0.469. The van der Waals surface area contributed by atoms with E-state index in [2.05, 4.69) is 12.2 Å². The lowest BCUT2D eigenvalue weighted by Crippen LogP contribution is -2.50. The van der Waals surface area contributed by atoms with Crippen LogP contribution in [0, 0.1) is 11.7 Å². The van der Waals surface area contributed by atoms with E-state index in [1.807, 2.05) is 35.2 Å². The Morgan fingerprint density at radius 3 is 2.62 bits per heavy atom. The molecule has 1 aromatic heterocycles. The van der Waals surface area contributed by atoms with Gasteiger partial charge in [-0.15, -0.1) is 0 Å². The lowest BCUT2D eigenvalue weighted by Gasteiger charge is -2.35. The molecule has 0 spiro atoms. The van der Waals surface area contributed by atoms with Crippen molar-refractivity contribution in [2.45, 2.75) is 58.0 Å². The Morgan fingerprint density at radius 1 is 1.12 bits per heavy atom. The first-order valence-electron chi connectivity index (χ1n) is 14.5. The van der Waals surface area contributed by atoms with Crippen molar-refractivity contribution < 1.29 is 19.1 Å². The number of hydrogen-bond acceptors (Lipinski definition) is 5. The van der Waals surface area contributed by atoms with E-state index in [9.17, 15) is 19.1 Å². The molecule has 7 nitrogen and oxygen atoms in total. The summed E-state index contributed by atoms with van der Waals surface area (Å²) in [7, 11) is 0. The summed E-state index contributed by atoms with van der Waals surface area (Å²) in [6.45, 7) is 4.37. The molecule has 1 aliphatic heterocycles. The van der Waals surface area contributed by atoms with Gasteiger partial charge in [0.1, 0.15) is 5.82 Å². The highest BCUT2D eigenvalue weighted by Crippen LogP contribution is 2.33. The summed E-state index contributed by atoms with van der Waals surface area (Å²) < 4.78 is 14.6. The summed E-state index contributed by atoms with van der Waals surface area (Å²) in [5, 5.41) is 12.9. The van der Waals surface area contributed by atoms with Crippen LogP contribution < -0.4 is 5.32 Å². The molecule has 5 rings (SSSR count). The lowest BCUT2D eigenvalue weighted by molar-refractivity contribution is -0.136. The van der Waals surface area contributed by atoms with Crippen molar-refractivity contribution in [1.82, 2.24) is 20.1 Å². The Morgan fingerprint density at radius 2 is 1.90 bits per heavy atom. The smallest absolute Gasteiger partial charge is 0.252 e. The lowest BCUT2D eigenvalue weighted by atomic mass is 9.84. The third-order valence-corrected chi connectivity index (χ3v) is 8.40. The molecule has 2 fully saturated rings. The Bertz CT molecular complexity index is 1340. The summed E-state index contributed by atoms with van der Waals surface area (Å²) >= 11 is 0. The van der Waals surface area contributed by atoms with E-state index in [1.165, 1.54) is 31.4 Å². The van der Waals surface area contributed by atoms with Crippen molar-refractivity contribution in [3.63, 3.8) is 0 Å². The number of rotatable bonds is 9. The van der Waals surface area contributed by atoms with Crippen LogP contribution in [-0.4, -0.2) is 70.5 Å². The Kier molecular flexibility index (Phi) is 9.07. The maximum atomic E-state index is 14.6. The van der Waals surface area contributed by atoms with Crippen molar-refractivity contribution in [1.29, 1.82) is 0 Å². The second-order valence-electron chi connectivity index (χ2n) is 11.2. The maximum absolute atomic E-state index is 14.6. The number of benzene rings is 2. The molecule has 0 bridgehead atoms. The van der Waals surface area contributed by atoms with Gasteiger partial charge in [0.2, 0.25) is 5.91 Å². The molecule has 2 heterocycles. The third-order valence-electron chi connectivity index (χ3n) is 8.40. The van der Waals surface area contributed by atoms with Gasteiger partial charge in [0, 0.05) is 55.3 Å². The summed E-state index contributed by atoms with van der Waals surface area (Å²) in [5.74, 6) is -0.229. The number of pyridine rings is 1. The SMILES string of the molecule is C[C@H](NC(=O)c1c(CN2CCN(CCCO)C(=O)C2)c(-c2ccccc2)nc2ccc(F)cc12)C1CCCCC1. The molecule has 2 aliphatic rings. The van der Waals surface area contributed by atoms with E-state index in [0.29, 0.717) is 66.2 Å². The largest absolute Gasteiger partial charge is 0.396 e. The van der Waals surface area contributed by atoms with Gasteiger partial charge < -0.3 is 15.3 Å². The highest BCUT2D eigenvalue weighted by molar-refractivity contribution is 6.09. The summed E-state index contributed by atoms with van der Waals surface area (Å²) in [6.07, 6.45) is 6.33. The minimum Gasteiger partial charge on any atom is -0.396 e. The molecule has 1 aliphatic carbocycles. The average molecular weight is 547 g/mol. The van der Waals surface area contributed by atoms with E-state index < -0.39 is 5.82 Å². The van der Waals surface area contributed by atoms with Gasteiger partial charge >= 0.3 is 0 Å². The Labute approximate surface area is 235 Å². The topological polar surface area (TPSA) is 85.8 Å². The number of fused-ring (bicyclic) bond motifs is 1. The zero-order valence-corrected chi connectivity index (χ0v) is 23.2. The zero-order chi connectivity index (χ0) is 28.1. The van der Waals surface area contributed by atoms with Crippen LogP contribution in [0.5, 0.6) is 0 Å². The number of aliphatic hydroxyl groups excluding tert-OH is 1. The van der Waals surface area contributed by atoms with Gasteiger partial charge in [0.25, 0.3) is 5.91 Å². The van der Waals surface area contributed by atoms with E-state index >= 15 is 0 Å². The number of halogens is 1. The second-order valence-corrected chi connectivity index (χ2v) is 11.2. The maximum Gasteiger partial charge on any atom is 0.252 e. The first-order chi connectivity index (χ1) is 19.4. The van der Waals surface area contributed by atoms with E-state index in [0.717, 1.165) is 18.4 Å².